The fourth-order valence-electron chi connectivity index (χ4n) is 1.44. The molecule has 0 radical (unpaired) electrons. The van der Waals surface area contributed by atoms with Crippen molar-refractivity contribution in [3.05, 3.63) is 35.4 Å². The third-order valence-corrected chi connectivity index (χ3v) is 2.64. The van der Waals surface area contributed by atoms with Crippen molar-refractivity contribution in [2.24, 2.45) is 0 Å². The summed E-state index contributed by atoms with van der Waals surface area (Å²) in [5.41, 5.74) is 0.400. The molecule has 1 aromatic carbocycles. The fourth-order valence-corrected chi connectivity index (χ4v) is 1.61. The number of ether oxygens (including phenoxy) is 1. The van der Waals surface area contributed by atoms with E-state index in [1.165, 1.54) is 13.2 Å². The van der Waals surface area contributed by atoms with Crippen LogP contribution in [0, 0.1) is 11.6 Å². The van der Waals surface area contributed by atoms with E-state index in [0.29, 0.717) is 12.2 Å². The number of amides is 1. The Hall–Kier alpha value is -1.20. The third kappa shape index (κ3) is 4.58. The highest BCUT2D eigenvalue weighted by Gasteiger charge is 2.12. The maximum Gasteiger partial charge on any atom is 0.224 e. The summed E-state index contributed by atoms with van der Waals surface area (Å²) in [7, 11) is 1.50. The van der Waals surface area contributed by atoms with E-state index in [1.54, 1.807) is 0 Å². The van der Waals surface area contributed by atoms with Crippen molar-refractivity contribution in [2.45, 2.75) is 12.5 Å². The fraction of sp³-hybridized carbons (Fsp3) is 0.417. The van der Waals surface area contributed by atoms with Crippen molar-refractivity contribution in [1.82, 2.24) is 5.32 Å². The number of methoxy groups -OCH3 is 1. The second-order valence-electron chi connectivity index (χ2n) is 3.80. The molecular formula is C12H14ClF2NO2. The van der Waals surface area contributed by atoms with Gasteiger partial charge in [-0.15, -0.1) is 11.6 Å². The lowest BCUT2D eigenvalue weighted by molar-refractivity contribution is -0.121. The first-order chi connectivity index (χ1) is 8.56. The molecule has 1 N–H and O–H groups in total. The summed E-state index contributed by atoms with van der Waals surface area (Å²) in [5.74, 6) is -2.00. The van der Waals surface area contributed by atoms with E-state index in [9.17, 15) is 13.6 Å². The van der Waals surface area contributed by atoms with Gasteiger partial charge in [-0.3, -0.25) is 4.79 Å². The summed E-state index contributed by atoms with van der Waals surface area (Å²) in [6.07, 6.45) is -0.0334. The SMILES string of the molecule is COCC(CCl)NC(=O)Cc1ccc(F)c(F)c1. The molecule has 0 bridgehead atoms. The first-order valence-corrected chi connectivity index (χ1v) is 5.88. The number of hydrogen-bond donors (Lipinski definition) is 1. The molecule has 1 unspecified atom stereocenters. The molecule has 0 aliphatic rings. The minimum atomic E-state index is -0.967. The zero-order valence-corrected chi connectivity index (χ0v) is 10.6. The van der Waals surface area contributed by atoms with E-state index in [2.05, 4.69) is 5.32 Å². The summed E-state index contributed by atoms with van der Waals surface area (Å²) in [6.45, 7) is 0.299. The number of carbonyl (C=O) groups excluding carboxylic acids is 1. The van der Waals surface area contributed by atoms with Gasteiger partial charge in [0.25, 0.3) is 0 Å². The first-order valence-electron chi connectivity index (χ1n) is 5.35. The van der Waals surface area contributed by atoms with Crippen molar-refractivity contribution in [3.8, 4) is 0 Å². The van der Waals surface area contributed by atoms with Gasteiger partial charge in [0.1, 0.15) is 0 Å². The second kappa shape index (κ2) is 7.28. The van der Waals surface area contributed by atoms with Gasteiger partial charge in [-0.2, -0.15) is 0 Å². The Bertz CT molecular complexity index is 415. The quantitative estimate of drug-likeness (QED) is 0.807. The molecule has 0 fully saturated rings. The summed E-state index contributed by atoms with van der Waals surface area (Å²) in [6, 6.07) is 3.06. The Balaban J connectivity index is 2.55. The van der Waals surface area contributed by atoms with Gasteiger partial charge in [-0.1, -0.05) is 6.07 Å². The molecule has 1 amide bonds. The monoisotopic (exact) mass is 277 g/mol. The highest BCUT2D eigenvalue weighted by Crippen LogP contribution is 2.09. The molecule has 0 heterocycles. The number of carbonyl (C=O) groups is 1. The molecule has 0 saturated carbocycles. The van der Waals surface area contributed by atoms with Crippen LogP contribution in [0.1, 0.15) is 5.56 Å². The summed E-state index contributed by atoms with van der Waals surface area (Å²) < 4.78 is 30.5. The van der Waals surface area contributed by atoms with Crippen LogP contribution >= 0.6 is 11.6 Å². The number of nitrogens with one attached hydrogen (secondary N) is 1. The van der Waals surface area contributed by atoms with Gasteiger partial charge in [0.15, 0.2) is 11.6 Å². The second-order valence-corrected chi connectivity index (χ2v) is 4.11. The van der Waals surface area contributed by atoms with Crippen molar-refractivity contribution >= 4 is 17.5 Å². The Kier molecular flexibility index (Phi) is 6.01. The van der Waals surface area contributed by atoms with E-state index < -0.39 is 11.6 Å². The largest absolute Gasteiger partial charge is 0.383 e. The van der Waals surface area contributed by atoms with Gasteiger partial charge < -0.3 is 10.1 Å². The van der Waals surface area contributed by atoms with E-state index in [1.807, 2.05) is 0 Å². The number of alkyl halides is 1. The molecule has 0 aliphatic carbocycles. The van der Waals surface area contributed by atoms with Crippen LogP contribution in [0.3, 0.4) is 0 Å². The highest BCUT2D eigenvalue weighted by molar-refractivity contribution is 6.18. The van der Waals surface area contributed by atoms with Crippen LogP contribution in [0.4, 0.5) is 8.78 Å². The molecule has 3 nitrogen and oxygen atoms in total. The smallest absolute Gasteiger partial charge is 0.224 e. The van der Waals surface area contributed by atoms with Gasteiger partial charge >= 0.3 is 0 Å². The van der Waals surface area contributed by atoms with E-state index >= 15 is 0 Å². The van der Waals surface area contributed by atoms with Crippen LogP contribution in [0.2, 0.25) is 0 Å². The molecule has 18 heavy (non-hydrogen) atoms. The normalized spacial score (nSPS) is 12.2. The minimum absolute atomic E-state index is 0.0334. The standard InChI is InChI=1S/C12H14ClF2NO2/c1-18-7-9(6-13)16-12(17)5-8-2-3-10(14)11(15)4-8/h2-4,9H,5-7H2,1H3,(H,16,17). The topological polar surface area (TPSA) is 38.3 Å². The van der Waals surface area contributed by atoms with Crippen molar-refractivity contribution in [1.29, 1.82) is 0 Å². The average molecular weight is 278 g/mol. The molecule has 0 aliphatic heterocycles. The van der Waals surface area contributed by atoms with Gasteiger partial charge in [-0.25, -0.2) is 8.78 Å². The molecule has 1 aromatic rings. The van der Waals surface area contributed by atoms with Crippen molar-refractivity contribution in [3.63, 3.8) is 0 Å². The van der Waals surface area contributed by atoms with Crippen molar-refractivity contribution in [2.75, 3.05) is 19.6 Å². The molecule has 100 valence electrons. The summed E-state index contributed by atoms with van der Waals surface area (Å²) in [5, 5.41) is 2.64. The van der Waals surface area contributed by atoms with E-state index in [4.69, 9.17) is 16.3 Å². The lowest BCUT2D eigenvalue weighted by atomic mass is 10.1. The third-order valence-electron chi connectivity index (χ3n) is 2.27. The molecule has 0 saturated heterocycles. The molecule has 0 spiro atoms. The number of benzene rings is 1. The first kappa shape index (κ1) is 14.9. The van der Waals surface area contributed by atoms with Gasteiger partial charge in [-0.05, 0) is 17.7 Å². The number of hydrogen-bond acceptors (Lipinski definition) is 2. The lowest BCUT2D eigenvalue weighted by Gasteiger charge is -2.14. The molecule has 1 rings (SSSR count). The lowest BCUT2D eigenvalue weighted by Crippen LogP contribution is -2.40. The predicted molar refractivity (Wildman–Crippen MR) is 64.6 cm³/mol. The minimum Gasteiger partial charge on any atom is -0.383 e. The van der Waals surface area contributed by atoms with Crippen LogP contribution in [0.25, 0.3) is 0 Å². The van der Waals surface area contributed by atoms with Crippen LogP contribution in [0.5, 0.6) is 0 Å². The van der Waals surface area contributed by atoms with E-state index in [-0.39, 0.29) is 24.2 Å². The number of halogens is 3. The Morgan fingerprint density at radius 3 is 2.72 bits per heavy atom. The summed E-state index contributed by atoms with van der Waals surface area (Å²) in [4.78, 5) is 11.6. The van der Waals surface area contributed by atoms with Crippen LogP contribution < -0.4 is 5.32 Å². The summed E-state index contributed by atoms with van der Waals surface area (Å²) >= 11 is 5.64. The Morgan fingerprint density at radius 1 is 1.44 bits per heavy atom. The zero-order chi connectivity index (χ0) is 13.5. The van der Waals surface area contributed by atoms with Crippen LogP contribution in [-0.2, 0) is 16.0 Å². The van der Waals surface area contributed by atoms with Gasteiger partial charge in [0.2, 0.25) is 5.91 Å². The zero-order valence-electron chi connectivity index (χ0n) is 9.88. The van der Waals surface area contributed by atoms with E-state index in [0.717, 1.165) is 12.1 Å². The van der Waals surface area contributed by atoms with Crippen molar-refractivity contribution < 1.29 is 18.3 Å². The average Bonchev–Trinajstić information content (AvgIpc) is 2.33. The van der Waals surface area contributed by atoms with Crippen LogP contribution in [0.15, 0.2) is 18.2 Å². The molecule has 1 atom stereocenters. The molecule has 6 heteroatoms. The highest BCUT2D eigenvalue weighted by atomic mass is 35.5. The predicted octanol–water partition coefficient (Wildman–Crippen LogP) is 1.88. The maximum atomic E-state index is 12.9. The molecule has 0 aromatic heterocycles. The van der Waals surface area contributed by atoms with Gasteiger partial charge in [0.05, 0.1) is 19.1 Å². The molecular weight excluding hydrogens is 264 g/mol. The maximum absolute atomic E-state index is 12.9. The Labute approximate surface area is 109 Å². The number of rotatable bonds is 6. The van der Waals surface area contributed by atoms with Gasteiger partial charge in [0, 0.05) is 13.0 Å². The van der Waals surface area contributed by atoms with Crippen LogP contribution in [-0.4, -0.2) is 31.5 Å². The Morgan fingerprint density at radius 2 is 2.17 bits per heavy atom.